The van der Waals surface area contributed by atoms with Crippen molar-refractivity contribution in [3.05, 3.63) is 12.2 Å². The SMILES string of the molecule is C=C(C)C(N)=O.N[C@H](CC(=O)O)C(=O)O. The molecule has 0 radical (unpaired) electrons. The zero-order valence-electron chi connectivity index (χ0n) is 8.27. The normalized spacial score (nSPS) is 10.5. The van der Waals surface area contributed by atoms with Crippen LogP contribution in [0.2, 0.25) is 0 Å². The summed E-state index contributed by atoms with van der Waals surface area (Å²) in [5.41, 5.74) is 9.93. The average Bonchev–Trinajstić information content (AvgIpc) is 2.03. The van der Waals surface area contributed by atoms with Gasteiger partial charge in [0, 0.05) is 5.57 Å². The Morgan fingerprint density at radius 1 is 1.33 bits per heavy atom. The molecule has 0 aromatic carbocycles. The molecule has 0 heterocycles. The zero-order chi connectivity index (χ0) is 12.6. The van der Waals surface area contributed by atoms with E-state index in [1.54, 1.807) is 6.92 Å². The predicted molar refractivity (Wildman–Crippen MR) is 51.9 cm³/mol. The lowest BCUT2D eigenvalue weighted by atomic mass is 10.2. The van der Waals surface area contributed by atoms with Gasteiger partial charge >= 0.3 is 11.9 Å². The predicted octanol–water partition coefficient (Wildman–Crippen LogP) is -1.08. The van der Waals surface area contributed by atoms with Crippen molar-refractivity contribution < 1.29 is 24.6 Å². The molecule has 0 spiro atoms. The van der Waals surface area contributed by atoms with E-state index < -0.39 is 30.3 Å². The van der Waals surface area contributed by atoms with E-state index in [9.17, 15) is 14.4 Å². The minimum Gasteiger partial charge on any atom is -0.481 e. The molecule has 6 N–H and O–H groups in total. The van der Waals surface area contributed by atoms with Gasteiger partial charge in [-0.05, 0) is 6.92 Å². The Morgan fingerprint density at radius 3 is 1.73 bits per heavy atom. The molecule has 0 aliphatic rings. The molecule has 15 heavy (non-hydrogen) atoms. The molecule has 1 amide bonds. The molecule has 0 unspecified atom stereocenters. The van der Waals surface area contributed by atoms with E-state index in [4.69, 9.17) is 21.7 Å². The summed E-state index contributed by atoms with van der Waals surface area (Å²) in [6.07, 6.45) is -0.532. The van der Waals surface area contributed by atoms with Gasteiger partial charge in [-0.3, -0.25) is 14.4 Å². The molecule has 0 aliphatic carbocycles. The van der Waals surface area contributed by atoms with Crippen LogP contribution < -0.4 is 11.5 Å². The third-order valence-electron chi connectivity index (χ3n) is 1.13. The molecule has 0 aliphatic heterocycles. The lowest BCUT2D eigenvalue weighted by Gasteiger charge is -1.99. The number of nitrogens with two attached hydrogens (primary N) is 2. The second kappa shape index (κ2) is 7.51. The summed E-state index contributed by atoms with van der Waals surface area (Å²) in [4.78, 5) is 29.4. The molecule has 0 rings (SSSR count). The minimum absolute atomic E-state index is 0.398. The van der Waals surface area contributed by atoms with Gasteiger partial charge in [0.2, 0.25) is 5.91 Å². The van der Waals surface area contributed by atoms with Crippen LogP contribution in [0.3, 0.4) is 0 Å². The number of amides is 1. The van der Waals surface area contributed by atoms with Crippen molar-refractivity contribution in [2.75, 3.05) is 0 Å². The lowest BCUT2D eigenvalue weighted by Crippen LogP contribution is -2.32. The highest BCUT2D eigenvalue weighted by molar-refractivity contribution is 5.90. The van der Waals surface area contributed by atoms with Crippen LogP contribution in [0.5, 0.6) is 0 Å². The zero-order valence-corrected chi connectivity index (χ0v) is 8.27. The van der Waals surface area contributed by atoms with Gasteiger partial charge in [0.05, 0.1) is 6.42 Å². The summed E-state index contributed by atoms with van der Waals surface area (Å²) in [5.74, 6) is -2.93. The molecule has 0 saturated heterocycles. The van der Waals surface area contributed by atoms with Crippen LogP contribution in [0.25, 0.3) is 0 Å². The first kappa shape index (κ1) is 15.6. The van der Waals surface area contributed by atoms with E-state index in [2.05, 4.69) is 6.58 Å². The molecule has 86 valence electrons. The number of carbonyl (C=O) groups is 3. The van der Waals surface area contributed by atoms with Crippen LogP contribution in [0.1, 0.15) is 13.3 Å². The molecule has 1 atom stereocenters. The number of hydrogen-bond donors (Lipinski definition) is 4. The molecule has 0 aromatic rings. The molecular formula is C8H14N2O5. The maximum Gasteiger partial charge on any atom is 0.321 e. The Kier molecular flexibility index (Phi) is 7.80. The van der Waals surface area contributed by atoms with E-state index in [-0.39, 0.29) is 0 Å². The molecular weight excluding hydrogens is 204 g/mol. The van der Waals surface area contributed by atoms with Crippen molar-refractivity contribution in [2.24, 2.45) is 11.5 Å². The Morgan fingerprint density at radius 2 is 1.67 bits per heavy atom. The number of aliphatic carboxylic acids is 2. The Bertz CT molecular complexity index is 262. The van der Waals surface area contributed by atoms with Crippen LogP contribution in [0, 0.1) is 0 Å². The summed E-state index contributed by atoms with van der Waals surface area (Å²) < 4.78 is 0. The summed E-state index contributed by atoms with van der Waals surface area (Å²) in [7, 11) is 0. The highest BCUT2D eigenvalue weighted by Gasteiger charge is 2.14. The number of carboxylic acids is 2. The van der Waals surface area contributed by atoms with Crippen molar-refractivity contribution in [3.63, 3.8) is 0 Å². The summed E-state index contributed by atoms with van der Waals surface area (Å²) in [6, 6.07) is -1.29. The second-order valence-corrected chi connectivity index (χ2v) is 2.69. The topological polar surface area (TPSA) is 144 Å². The average molecular weight is 218 g/mol. The lowest BCUT2D eigenvalue weighted by molar-refractivity contribution is -0.144. The van der Waals surface area contributed by atoms with Gasteiger partial charge in [0.1, 0.15) is 6.04 Å². The molecule has 0 saturated carbocycles. The van der Waals surface area contributed by atoms with Crippen molar-refractivity contribution in [1.29, 1.82) is 0 Å². The number of rotatable bonds is 4. The van der Waals surface area contributed by atoms with E-state index in [0.717, 1.165) is 0 Å². The van der Waals surface area contributed by atoms with E-state index in [1.807, 2.05) is 0 Å². The van der Waals surface area contributed by atoms with Gasteiger partial charge < -0.3 is 21.7 Å². The third kappa shape index (κ3) is 12.1. The maximum atomic E-state index is 9.85. The first-order valence-electron chi connectivity index (χ1n) is 3.84. The van der Waals surface area contributed by atoms with E-state index in [1.165, 1.54) is 0 Å². The van der Waals surface area contributed by atoms with Gasteiger partial charge in [0.15, 0.2) is 0 Å². The smallest absolute Gasteiger partial charge is 0.321 e. The number of carbonyl (C=O) groups excluding carboxylic acids is 1. The minimum atomic E-state index is -1.29. The summed E-state index contributed by atoms with van der Waals surface area (Å²) in [5, 5.41) is 16.0. The van der Waals surface area contributed by atoms with E-state index >= 15 is 0 Å². The number of primary amides is 1. The van der Waals surface area contributed by atoms with Gasteiger partial charge in [-0.2, -0.15) is 0 Å². The van der Waals surface area contributed by atoms with Crippen LogP contribution in [0.4, 0.5) is 0 Å². The molecule has 0 fully saturated rings. The largest absolute Gasteiger partial charge is 0.481 e. The first-order chi connectivity index (χ1) is 6.68. The first-order valence-corrected chi connectivity index (χ1v) is 3.84. The monoisotopic (exact) mass is 218 g/mol. The van der Waals surface area contributed by atoms with E-state index in [0.29, 0.717) is 5.57 Å². The molecule has 7 heteroatoms. The molecule has 0 aromatic heterocycles. The molecule has 0 bridgehead atoms. The number of carboxylic acid groups (broad SMARTS) is 2. The van der Waals surface area contributed by atoms with Crippen molar-refractivity contribution in [3.8, 4) is 0 Å². The second-order valence-electron chi connectivity index (χ2n) is 2.69. The van der Waals surface area contributed by atoms with Crippen LogP contribution in [0.15, 0.2) is 12.2 Å². The fraction of sp³-hybridized carbons (Fsp3) is 0.375. The fourth-order valence-corrected chi connectivity index (χ4v) is 0.275. The van der Waals surface area contributed by atoms with Crippen LogP contribution in [-0.2, 0) is 14.4 Å². The van der Waals surface area contributed by atoms with Gasteiger partial charge in [-0.15, -0.1) is 0 Å². The van der Waals surface area contributed by atoms with Gasteiger partial charge in [-0.1, -0.05) is 6.58 Å². The van der Waals surface area contributed by atoms with Gasteiger partial charge in [0.25, 0.3) is 0 Å². The third-order valence-corrected chi connectivity index (χ3v) is 1.13. The Hall–Kier alpha value is -1.89. The standard InChI is InChI=1S/C4H7NO4.C4H7NO/c5-2(4(8)9)1-3(6)7;1-3(2)4(5)6/h2H,1,5H2,(H,6,7)(H,8,9);1H2,2H3,(H2,5,6)/t2-;/m1./s1. The van der Waals surface area contributed by atoms with Gasteiger partial charge in [-0.25, -0.2) is 0 Å². The summed E-state index contributed by atoms with van der Waals surface area (Å²) >= 11 is 0. The van der Waals surface area contributed by atoms with Crippen LogP contribution in [-0.4, -0.2) is 34.1 Å². The van der Waals surface area contributed by atoms with Crippen molar-refractivity contribution in [2.45, 2.75) is 19.4 Å². The highest BCUT2D eigenvalue weighted by atomic mass is 16.4. The number of hydrogen-bond acceptors (Lipinski definition) is 4. The molecule has 7 nitrogen and oxygen atoms in total. The maximum absolute atomic E-state index is 9.85. The Balaban J connectivity index is 0. The van der Waals surface area contributed by atoms with Crippen LogP contribution >= 0.6 is 0 Å². The van der Waals surface area contributed by atoms with Crippen molar-refractivity contribution >= 4 is 17.8 Å². The van der Waals surface area contributed by atoms with Crippen molar-refractivity contribution in [1.82, 2.24) is 0 Å². The Labute approximate surface area is 86.4 Å². The summed E-state index contributed by atoms with van der Waals surface area (Å²) in [6.45, 7) is 4.85. The quantitative estimate of drug-likeness (QED) is 0.442. The highest BCUT2D eigenvalue weighted by Crippen LogP contribution is 1.86. The fourth-order valence-electron chi connectivity index (χ4n) is 0.275.